The minimum absolute atomic E-state index is 0.244. The third kappa shape index (κ3) is 5.21. The molecule has 29 heavy (non-hydrogen) atoms. The van der Waals surface area contributed by atoms with Gasteiger partial charge in [-0.15, -0.1) is 0 Å². The number of carbonyl (C=O) groups excluding carboxylic acids is 3. The Labute approximate surface area is 172 Å². The standard InChI is InChI=1S/C22H18ClN3O3/c1-14-9-11-15(12-10-14)20(27)24-17-6-4-5-16(13-17)21(28)25-26-22(29)18-7-2-3-8-19(18)23/h2-13H,1H3,(H,24,27)(H,25,28)(H,26,29). The summed E-state index contributed by atoms with van der Waals surface area (Å²) in [6.45, 7) is 1.94. The summed E-state index contributed by atoms with van der Waals surface area (Å²) in [6, 6.07) is 20.0. The normalized spacial score (nSPS) is 10.1. The van der Waals surface area contributed by atoms with Crippen molar-refractivity contribution in [1.29, 1.82) is 0 Å². The molecule has 0 fully saturated rings. The second-order valence-corrected chi connectivity index (χ2v) is 6.70. The van der Waals surface area contributed by atoms with Gasteiger partial charge in [-0.25, -0.2) is 0 Å². The van der Waals surface area contributed by atoms with Gasteiger partial charge in [0.2, 0.25) is 0 Å². The van der Waals surface area contributed by atoms with Gasteiger partial charge < -0.3 is 5.32 Å². The number of halogens is 1. The molecule has 7 heteroatoms. The maximum Gasteiger partial charge on any atom is 0.271 e. The third-order valence-corrected chi connectivity index (χ3v) is 4.43. The van der Waals surface area contributed by atoms with Crippen LogP contribution in [-0.4, -0.2) is 17.7 Å². The largest absolute Gasteiger partial charge is 0.322 e. The average molecular weight is 408 g/mol. The first-order chi connectivity index (χ1) is 13.9. The van der Waals surface area contributed by atoms with Crippen molar-refractivity contribution in [2.45, 2.75) is 6.92 Å². The minimum atomic E-state index is -0.534. The van der Waals surface area contributed by atoms with Crippen molar-refractivity contribution in [3.8, 4) is 0 Å². The summed E-state index contributed by atoms with van der Waals surface area (Å²) in [5, 5.41) is 3.03. The van der Waals surface area contributed by atoms with Gasteiger partial charge >= 0.3 is 0 Å². The van der Waals surface area contributed by atoms with Crippen LogP contribution in [0.4, 0.5) is 5.69 Å². The quantitative estimate of drug-likeness (QED) is 0.572. The Balaban J connectivity index is 1.63. The van der Waals surface area contributed by atoms with E-state index in [1.54, 1.807) is 54.6 Å². The van der Waals surface area contributed by atoms with Crippen molar-refractivity contribution in [2.75, 3.05) is 5.32 Å². The van der Waals surface area contributed by atoms with Gasteiger partial charge in [0.05, 0.1) is 10.6 Å². The van der Waals surface area contributed by atoms with Crippen LogP contribution in [0.2, 0.25) is 5.02 Å². The van der Waals surface area contributed by atoms with Gasteiger partial charge in [-0.2, -0.15) is 0 Å². The number of anilines is 1. The monoisotopic (exact) mass is 407 g/mol. The molecule has 146 valence electrons. The summed E-state index contributed by atoms with van der Waals surface area (Å²) in [5.41, 5.74) is 7.19. The molecular formula is C22H18ClN3O3. The smallest absolute Gasteiger partial charge is 0.271 e. The van der Waals surface area contributed by atoms with Crippen molar-refractivity contribution in [3.05, 3.63) is 100 Å². The highest BCUT2D eigenvalue weighted by molar-refractivity contribution is 6.33. The SMILES string of the molecule is Cc1ccc(C(=O)Nc2cccc(C(=O)NNC(=O)c3ccccc3Cl)c2)cc1. The Bertz CT molecular complexity index is 1060. The number of carbonyl (C=O) groups is 3. The summed E-state index contributed by atoms with van der Waals surface area (Å²) in [4.78, 5) is 36.8. The van der Waals surface area contributed by atoms with E-state index < -0.39 is 11.8 Å². The molecule has 0 unspecified atom stereocenters. The molecule has 0 radical (unpaired) electrons. The first-order valence-corrected chi connectivity index (χ1v) is 9.15. The highest BCUT2D eigenvalue weighted by Gasteiger charge is 2.13. The lowest BCUT2D eigenvalue weighted by Gasteiger charge is -2.10. The topological polar surface area (TPSA) is 87.3 Å². The minimum Gasteiger partial charge on any atom is -0.322 e. The van der Waals surface area contributed by atoms with Crippen molar-refractivity contribution < 1.29 is 14.4 Å². The first-order valence-electron chi connectivity index (χ1n) is 8.77. The highest BCUT2D eigenvalue weighted by Crippen LogP contribution is 2.15. The van der Waals surface area contributed by atoms with Gasteiger partial charge in [-0.3, -0.25) is 25.2 Å². The molecular weight excluding hydrogens is 390 g/mol. The molecule has 0 heterocycles. The van der Waals surface area contributed by atoms with E-state index in [1.807, 2.05) is 19.1 Å². The Morgan fingerprint density at radius 1 is 0.724 bits per heavy atom. The molecule has 0 atom stereocenters. The molecule has 0 aliphatic carbocycles. The van der Waals surface area contributed by atoms with E-state index in [9.17, 15) is 14.4 Å². The van der Waals surface area contributed by atoms with Gasteiger partial charge in [-0.05, 0) is 49.4 Å². The number of nitrogens with one attached hydrogen (secondary N) is 3. The molecule has 0 aliphatic heterocycles. The lowest BCUT2D eigenvalue weighted by atomic mass is 10.1. The van der Waals surface area contributed by atoms with Crippen molar-refractivity contribution in [3.63, 3.8) is 0 Å². The average Bonchev–Trinajstić information content (AvgIpc) is 2.72. The van der Waals surface area contributed by atoms with Crippen LogP contribution < -0.4 is 16.2 Å². The molecule has 0 saturated heterocycles. The Hall–Kier alpha value is -3.64. The molecule has 0 saturated carbocycles. The number of rotatable bonds is 4. The number of hydrogen-bond acceptors (Lipinski definition) is 3. The molecule has 6 nitrogen and oxygen atoms in total. The second kappa shape index (κ2) is 9.03. The zero-order chi connectivity index (χ0) is 20.8. The summed E-state index contributed by atoms with van der Waals surface area (Å²) in [6.07, 6.45) is 0. The Kier molecular flexibility index (Phi) is 6.26. The fraction of sp³-hybridized carbons (Fsp3) is 0.0455. The zero-order valence-corrected chi connectivity index (χ0v) is 16.3. The number of benzene rings is 3. The predicted molar refractivity (Wildman–Crippen MR) is 112 cm³/mol. The molecule has 3 amide bonds. The van der Waals surface area contributed by atoms with Crippen LogP contribution in [0.25, 0.3) is 0 Å². The number of hydrazine groups is 1. The van der Waals surface area contributed by atoms with Gasteiger partial charge in [0.25, 0.3) is 17.7 Å². The van der Waals surface area contributed by atoms with Gasteiger partial charge in [0.1, 0.15) is 0 Å². The van der Waals surface area contributed by atoms with E-state index in [-0.39, 0.29) is 22.1 Å². The van der Waals surface area contributed by atoms with Crippen molar-refractivity contribution in [1.82, 2.24) is 10.9 Å². The molecule has 0 aliphatic rings. The fourth-order valence-electron chi connectivity index (χ4n) is 2.54. The predicted octanol–water partition coefficient (Wildman–Crippen LogP) is 3.98. The van der Waals surface area contributed by atoms with Crippen LogP contribution in [-0.2, 0) is 0 Å². The van der Waals surface area contributed by atoms with Crippen LogP contribution >= 0.6 is 11.6 Å². The van der Waals surface area contributed by atoms with Crippen LogP contribution in [0.3, 0.4) is 0 Å². The molecule has 3 aromatic carbocycles. The van der Waals surface area contributed by atoms with Crippen molar-refractivity contribution >= 4 is 35.0 Å². The van der Waals surface area contributed by atoms with Crippen molar-refractivity contribution in [2.24, 2.45) is 0 Å². The molecule has 0 spiro atoms. The molecule has 3 N–H and O–H groups in total. The fourth-order valence-corrected chi connectivity index (χ4v) is 2.77. The number of aryl methyl sites for hydroxylation is 1. The van der Waals surface area contributed by atoms with Gasteiger partial charge in [0, 0.05) is 16.8 Å². The summed E-state index contributed by atoms with van der Waals surface area (Å²) in [7, 11) is 0. The van der Waals surface area contributed by atoms with Crippen LogP contribution in [0.1, 0.15) is 36.6 Å². The van der Waals surface area contributed by atoms with E-state index in [2.05, 4.69) is 16.2 Å². The molecule has 0 bridgehead atoms. The second-order valence-electron chi connectivity index (χ2n) is 6.29. The van der Waals surface area contributed by atoms with Crippen LogP contribution in [0, 0.1) is 6.92 Å². The molecule has 3 rings (SSSR count). The summed E-state index contributed by atoms with van der Waals surface area (Å²) in [5.74, 6) is -1.35. The van der Waals surface area contributed by atoms with E-state index in [0.717, 1.165) is 5.56 Å². The highest BCUT2D eigenvalue weighted by atomic mass is 35.5. The number of hydrogen-bond donors (Lipinski definition) is 3. The van der Waals surface area contributed by atoms with E-state index in [4.69, 9.17) is 11.6 Å². The maximum absolute atomic E-state index is 12.3. The number of amides is 3. The first kappa shape index (κ1) is 20.1. The van der Waals surface area contributed by atoms with E-state index >= 15 is 0 Å². The van der Waals surface area contributed by atoms with Crippen LogP contribution in [0.15, 0.2) is 72.8 Å². The lowest BCUT2D eigenvalue weighted by Crippen LogP contribution is -2.41. The summed E-state index contributed by atoms with van der Waals surface area (Å²) >= 11 is 5.97. The molecule has 3 aromatic rings. The maximum atomic E-state index is 12.3. The third-order valence-electron chi connectivity index (χ3n) is 4.10. The van der Waals surface area contributed by atoms with Gasteiger partial charge in [-0.1, -0.05) is 47.5 Å². The molecule has 0 aromatic heterocycles. The lowest BCUT2D eigenvalue weighted by molar-refractivity contribution is 0.0847. The summed E-state index contributed by atoms with van der Waals surface area (Å²) < 4.78 is 0. The van der Waals surface area contributed by atoms with Crippen LogP contribution in [0.5, 0.6) is 0 Å². The van der Waals surface area contributed by atoms with E-state index in [1.165, 1.54) is 6.07 Å². The Morgan fingerprint density at radius 2 is 1.41 bits per heavy atom. The van der Waals surface area contributed by atoms with Gasteiger partial charge in [0.15, 0.2) is 0 Å². The van der Waals surface area contributed by atoms with E-state index in [0.29, 0.717) is 11.3 Å². The zero-order valence-electron chi connectivity index (χ0n) is 15.5. The Morgan fingerprint density at radius 3 is 2.14 bits per heavy atom.